The number of thioether (sulfide) groups is 1. The predicted octanol–water partition coefficient (Wildman–Crippen LogP) is 1.10. The van der Waals surface area contributed by atoms with Crippen LogP contribution in [0.2, 0.25) is 0 Å². The van der Waals surface area contributed by atoms with Crippen LogP contribution in [0.4, 0.5) is 5.95 Å². The average molecular weight is 184 g/mol. The van der Waals surface area contributed by atoms with Gasteiger partial charge < -0.3 is 5.73 Å². The van der Waals surface area contributed by atoms with Crippen LogP contribution in [0.3, 0.4) is 0 Å². The van der Waals surface area contributed by atoms with Gasteiger partial charge in [0.05, 0.1) is 5.75 Å². The second kappa shape index (κ2) is 4.92. The zero-order valence-electron chi connectivity index (χ0n) is 7.03. The number of rotatable bonds is 4. The second-order valence-corrected chi connectivity index (χ2v) is 3.42. The largest absolute Gasteiger partial charge is 0.368 e. The minimum absolute atomic E-state index is 0.303. The summed E-state index contributed by atoms with van der Waals surface area (Å²) in [5.41, 5.74) is 5.39. The summed E-state index contributed by atoms with van der Waals surface area (Å²) in [5.74, 6) is 3.02. The van der Waals surface area contributed by atoms with E-state index in [-0.39, 0.29) is 0 Å². The number of hydrogen-bond donors (Lipinski definition) is 1. The highest BCUT2D eigenvalue weighted by Crippen LogP contribution is 2.08. The minimum Gasteiger partial charge on any atom is -0.368 e. The molecule has 0 aliphatic carbocycles. The van der Waals surface area contributed by atoms with Gasteiger partial charge in [-0.2, -0.15) is 16.7 Å². The van der Waals surface area contributed by atoms with Crippen LogP contribution >= 0.6 is 11.8 Å². The van der Waals surface area contributed by atoms with Gasteiger partial charge in [0.2, 0.25) is 5.95 Å². The van der Waals surface area contributed by atoms with E-state index in [2.05, 4.69) is 21.9 Å². The molecule has 0 saturated heterocycles. The molecule has 12 heavy (non-hydrogen) atoms. The first kappa shape index (κ1) is 9.25. The summed E-state index contributed by atoms with van der Waals surface area (Å²) in [6, 6.07) is 0. The van der Waals surface area contributed by atoms with Crippen molar-refractivity contribution >= 4 is 17.7 Å². The monoisotopic (exact) mass is 184 g/mol. The molecular formula is C7H12N4S. The van der Waals surface area contributed by atoms with Crippen LogP contribution in [0.1, 0.15) is 19.2 Å². The van der Waals surface area contributed by atoms with Crippen LogP contribution in [-0.2, 0) is 5.75 Å². The summed E-state index contributed by atoms with van der Waals surface area (Å²) in [4.78, 5) is 11.7. The Labute approximate surface area is 76.0 Å². The molecule has 0 aliphatic rings. The van der Waals surface area contributed by atoms with Crippen LogP contribution in [0, 0.1) is 0 Å². The van der Waals surface area contributed by atoms with Gasteiger partial charge in [0.25, 0.3) is 0 Å². The summed E-state index contributed by atoms with van der Waals surface area (Å²) >= 11 is 1.81. The van der Waals surface area contributed by atoms with Crippen LogP contribution in [0.5, 0.6) is 0 Å². The maximum Gasteiger partial charge on any atom is 0.223 e. The number of nitrogens with two attached hydrogens (primary N) is 1. The van der Waals surface area contributed by atoms with E-state index in [1.54, 1.807) is 11.8 Å². The molecule has 0 amide bonds. The first-order chi connectivity index (χ1) is 5.83. The van der Waals surface area contributed by atoms with E-state index in [4.69, 9.17) is 5.73 Å². The van der Waals surface area contributed by atoms with Crippen molar-refractivity contribution in [3.63, 3.8) is 0 Å². The Hall–Kier alpha value is -0.840. The fourth-order valence-corrected chi connectivity index (χ4v) is 1.48. The molecule has 1 aromatic rings. The number of nitrogens with zero attached hydrogens (tertiary/aromatic N) is 3. The van der Waals surface area contributed by atoms with E-state index >= 15 is 0 Å². The SMILES string of the molecule is CCCSCc1ncnc(N)n1. The first-order valence-corrected chi connectivity index (χ1v) is 4.99. The lowest BCUT2D eigenvalue weighted by Crippen LogP contribution is -2.00. The molecule has 1 heterocycles. The average Bonchev–Trinajstić information content (AvgIpc) is 2.05. The van der Waals surface area contributed by atoms with Gasteiger partial charge in [-0.05, 0) is 12.2 Å². The number of anilines is 1. The number of hydrogen-bond acceptors (Lipinski definition) is 5. The van der Waals surface area contributed by atoms with Crippen LogP contribution < -0.4 is 5.73 Å². The Morgan fingerprint density at radius 2 is 2.33 bits per heavy atom. The Bertz CT molecular complexity index is 241. The van der Waals surface area contributed by atoms with Gasteiger partial charge in [0.15, 0.2) is 0 Å². The molecule has 5 heteroatoms. The maximum absolute atomic E-state index is 5.39. The van der Waals surface area contributed by atoms with Crippen molar-refractivity contribution in [3.8, 4) is 0 Å². The fourth-order valence-electron chi connectivity index (χ4n) is 0.722. The molecular weight excluding hydrogens is 172 g/mol. The van der Waals surface area contributed by atoms with E-state index < -0.39 is 0 Å². The Kier molecular flexibility index (Phi) is 3.79. The zero-order chi connectivity index (χ0) is 8.81. The normalized spacial score (nSPS) is 10.1. The highest BCUT2D eigenvalue weighted by molar-refractivity contribution is 7.98. The molecule has 0 aromatic carbocycles. The van der Waals surface area contributed by atoms with E-state index in [1.807, 2.05) is 0 Å². The topological polar surface area (TPSA) is 64.7 Å². The van der Waals surface area contributed by atoms with Gasteiger partial charge in [0, 0.05) is 0 Å². The zero-order valence-corrected chi connectivity index (χ0v) is 7.84. The third-order valence-electron chi connectivity index (χ3n) is 1.22. The standard InChI is InChI=1S/C7H12N4S/c1-2-3-12-4-6-9-5-10-7(8)11-6/h5H,2-4H2,1H3,(H2,8,9,10,11). The molecule has 0 spiro atoms. The Morgan fingerprint density at radius 1 is 1.50 bits per heavy atom. The molecule has 1 aromatic heterocycles. The summed E-state index contributed by atoms with van der Waals surface area (Å²) in [7, 11) is 0. The summed E-state index contributed by atoms with van der Waals surface area (Å²) < 4.78 is 0. The summed E-state index contributed by atoms with van der Waals surface area (Å²) in [6.07, 6.45) is 2.62. The van der Waals surface area contributed by atoms with E-state index in [0.717, 1.165) is 17.3 Å². The van der Waals surface area contributed by atoms with Gasteiger partial charge >= 0.3 is 0 Å². The Balaban J connectivity index is 2.41. The van der Waals surface area contributed by atoms with Gasteiger partial charge in [-0.3, -0.25) is 0 Å². The van der Waals surface area contributed by atoms with Crippen LogP contribution in [-0.4, -0.2) is 20.7 Å². The van der Waals surface area contributed by atoms with Crippen molar-refractivity contribution in [2.75, 3.05) is 11.5 Å². The lowest BCUT2D eigenvalue weighted by atomic mass is 10.6. The second-order valence-electron chi connectivity index (χ2n) is 2.31. The summed E-state index contributed by atoms with van der Waals surface area (Å²) in [6.45, 7) is 2.15. The van der Waals surface area contributed by atoms with E-state index in [9.17, 15) is 0 Å². The minimum atomic E-state index is 0.303. The Morgan fingerprint density at radius 3 is 3.00 bits per heavy atom. The highest BCUT2D eigenvalue weighted by Gasteiger charge is 1.96. The van der Waals surface area contributed by atoms with Crippen molar-refractivity contribution in [1.29, 1.82) is 0 Å². The van der Waals surface area contributed by atoms with Gasteiger partial charge in [-0.25, -0.2) is 9.97 Å². The number of nitrogen functional groups attached to an aromatic ring is 1. The van der Waals surface area contributed by atoms with Gasteiger partial charge in [0.1, 0.15) is 12.2 Å². The molecule has 0 aliphatic heterocycles. The molecule has 0 saturated carbocycles. The highest BCUT2D eigenvalue weighted by atomic mass is 32.2. The first-order valence-electron chi connectivity index (χ1n) is 3.84. The van der Waals surface area contributed by atoms with Gasteiger partial charge in [-0.15, -0.1) is 0 Å². The summed E-state index contributed by atoms with van der Waals surface area (Å²) in [5, 5.41) is 0. The molecule has 0 radical (unpaired) electrons. The molecule has 66 valence electrons. The lowest BCUT2D eigenvalue weighted by molar-refractivity contribution is 0.972. The molecule has 0 bridgehead atoms. The molecule has 1 rings (SSSR count). The third-order valence-corrected chi connectivity index (χ3v) is 2.38. The van der Waals surface area contributed by atoms with E-state index in [0.29, 0.717) is 5.95 Å². The predicted molar refractivity (Wildman–Crippen MR) is 50.7 cm³/mol. The van der Waals surface area contributed by atoms with Crippen molar-refractivity contribution in [1.82, 2.24) is 15.0 Å². The van der Waals surface area contributed by atoms with Crippen molar-refractivity contribution in [2.24, 2.45) is 0 Å². The molecule has 0 unspecified atom stereocenters. The quantitative estimate of drug-likeness (QED) is 0.710. The van der Waals surface area contributed by atoms with Gasteiger partial charge in [-0.1, -0.05) is 6.92 Å². The third kappa shape index (κ3) is 3.04. The van der Waals surface area contributed by atoms with Crippen molar-refractivity contribution < 1.29 is 0 Å². The molecule has 2 N–H and O–H groups in total. The molecule has 4 nitrogen and oxygen atoms in total. The van der Waals surface area contributed by atoms with Crippen molar-refractivity contribution in [2.45, 2.75) is 19.1 Å². The van der Waals surface area contributed by atoms with Crippen LogP contribution in [0.25, 0.3) is 0 Å². The maximum atomic E-state index is 5.39. The van der Waals surface area contributed by atoms with Crippen LogP contribution in [0.15, 0.2) is 6.33 Å². The van der Waals surface area contributed by atoms with E-state index in [1.165, 1.54) is 12.7 Å². The van der Waals surface area contributed by atoms with Crippen molar-refractivity contribution in [3.05, 3.63) is 12.2 Å². The molecule has 0 fully saturated rings. The number of aromatic nitrogens is 3. The fraction of sp³-hybridized carbons (Fsp3) is 0.571. The smallest absolute Gasteiger partial charge is 0.223 e. The lowest BCUT2D eigenvalue weighted by Gasteiger charge is -1.98. The molecule has 0 atom stereocenters.